The second kappa shape index (κ2) is 5.76. The minimum Gasteiger partial charge on any atom is -0.497 e. The van der Waals surface area contributed by atoms with Crippen molar-refractivity contribution in [2.75, 3.05) is 7.11 Å². The minimum atomic E-state index is -5.92. The van der Waals surface area contributed by atoms with Crippen LogP contribution in [0, 0.1) is 0 Å². The molecular formula is C11H8F8O2S. The number of ether oxygens (including phenoxy) is 2. The van der Waals surface area contributed by atoms with Crippen molar-refractivity contribution in [3.05, 3.63) is 29.8 Å². The van der Waals surface area contributed by atoms with E-state index in [0.717, 1.165) is 12.1 Å². The summed E-state index contributed by atoms with van der Waals surface area (Å²) in [5.41, 5.74) is -1.43. The first-order chi connectivity index (χ1) is 9.74. The number of hydrogen-bond acceptors (Lipinski definition) is 3. The molecule has 1 aromatic rings. The molecule has 0 aliphatic rings. The predicted octanol–water partition coefficient (Wildman–Crippen LogP) is 4.51. The molecular weight excluding hydrogens is 348 g/mol. The second-order valence-electron chi connectivity index (χ2n) is 3.98. The zero-order valence-electron chi connectivity index (χ0n) is 10.6. The van der Waals surface area contributed by atoms with Gasteiger partial charge in [0.1, 0.15) is 5.75 Å². The van der Waals surface area contributed by atoms with Crippen molar-refractivity contribution >= 4 is 12.6 Å². The lowest BCUT2D eigenvalue weighted by Gasteiger charge is -2.31. The van der Waals surface area contributed by atoms with Crippen LogP contribution < -0.4 is 4.74 Å². The Bertz CT molecular complexity index is 512. The smallest absolute Gasteiger partial charge is 0.434 e. The van der Waals surface area contributed by atoms with Crippen LogP contribution in [-0.2, 0) is 10.7 Å². The molecule has 0 saturated carbocycles. The Morgan fingerprint density at radius 1 is 0.818 bits per heavy atom. The van der Waals surface area contributed by atoms with Gasteiger partial charge in [-0.2, -0.15) is 35.1 Å². The monoisotopic (exact) mass is 356 g/mol. The van der Waals surface area contributed by atoms with E-state index in [2.05, 4.69) is 22.1 Å². The van der Waals surface area contributed by atoms with Gasteiger partial charge in [0.05, 0.1) is 7.11 Å². The number of benzene rings is 1. The lowest BCUT2D eigenvalue weighted by molar-refractivity contribution is -0.458. The average molecular weight is 356 g/mol. The molecule has 0 heterocycles. The summed E-state index contributed by atoms with van der Waals surface area (Å²) in [6, 6.07) is 2.61. The molecule has 0 atom stereocenters. The molecule has 0 aromatic heterocycles. The molecule has 0 amide bonds. The van der Waals surface area contributed by atoms with Crippen LogP contribution in [0.2, 0.25) is 0 Å². The van der Waals surface area contributed by atoms with Crippen LogP contribution >= 0.6 is 12.6 Å². The number of thiol groups is 1. The Hall–Kier alpha value is -1.23. The van der Waals surface area contributed by atoms with Gasteiger partial charge in [-0.1, -0.05) is 12.6 Å². The first kappa shape index (κ1) is 18.8. The van der Waals surface area contributed by atoms with Crippen LogP contribution in [0.15, 0.2) is 24.3 Å². The summed E-state index contributed by atoms with van der Waals surface area (Å²) in [6.45, 7) is 0. The molecule has 1 rings (SSSR count). The molecule has 22 heavy (non-hydrogen) atoms. The predicted molar refractivity (Wildman–Crippen MR) is 61.8 cm³/mol. The van der Waals surface area contributed by atoms with E-state index in [1.807, 2.05) is 0 Å². The molecule has 0 bridgehead atoms. The number of alkyl halides is 8. The molecule has 0 unspecified atom stereocenters. The highest BCUT2D eigenvalue weighted by Crippen LogP contribution is 2.50. The van der Waals surface area contributed by atoms with Crippen molar-refractivity contribution in [2.24, 2.45) is 0 Å². The maximum atomic E-state index is 13.6. The van der Waals surface area contributed by atoms with Crippen LogP contribution in [0.3, 0.4) is 0 Å². The van der Waals surface area contributed by atoms with Crippen molar-refractivity contribution in [1.29, 1.82) is 0 Å². The van der Waals surface area contributed by atoms with E-state index in [-0.39, 0.29) is 5.75 Å². The number of methoxy groups -OCH3 is 1. The lowest BCUT2D eigenvalue weighted by Crippen LogP contribution is -2.50. The fourth-order valence-corrected chi connectivity index (χ4v) is 1.30. The summed E-state index contributed by atoms with van der Waals surface area (Å²) in [5.74, 6) is -5.28. The maximum absolute atomic E-state index is 13.6. The third-order valence-electron chi connectivity index (χ3n) is 2.42. The van der Waals surface area contributed by atoms with Gasteiger partial charge in [-0.25, -0.2) is 4.74 Å². The second-order valence-corrected chi connectivity index (χ2v) is 4.54. The van der Waals surface area contributed by atoms with Gasteiger partial charge in [0.25, 0.3) is 0 Å². The van der Waals surface area contributed by atoms with Crippen molar-refractivity contribution in [3.8, 4) is 5.75 Å². The Labute approximate surface area is 124 Å². The first-order valence-corrected chi connectivity index (χ1v) is 5.77. The van der Waals surface area contributed by atoms with Gasteiger partial charge in [0, 0.05) is 5.56 Å². The highest BCUT2D eigenvalue weighted by Gasteiger charge is 2.68. The normalized spacial score (nSPS) is 14.1. The van der Waals surface area contributed by atoms with Crippen molar-refractivity contribution in [3.63, 3.8) is 0 Å². The van der Waals surface area contributed by atoms with Gasteiger partial charge in [-0.05, 0) is 24.3 Å². The minimum absolute atomic E-state index is 0.0241. The number of hydrogen-bond donors (Lipinski definition) is 1. The molecule has 0 radical (unpaired) electrons. The number of rotatable bonds is 6. The van der Waals surface area contributed by atoms with E-state index in [0.29, 0.717) is 12.1 Å². The molecule has 0 saturated heterocycles. The van der Waals surface area contributed by atoms with Gasteiger partial charge in [0.2, 0.25) is 0 Å². The third kappa shape index (κ3) is 3.57. The van der Waals surface area contributed by atoms with E-state index >= 15 is 0 Å². The van der Waals surface area contributed by atoms with Gasteiger partial charge in [-0.3, -0.25) is 0 Å². The van der Waals surface area contributed by atoms with E-state index in [4.69, 9.17) is 0 Å². The maximum Gasteiger partial charge on any atom is 0.434 e. The van der Waals surface area contributed by atoms with E-state index in [1.165, 1.54) is 7.11 Å². The summed E-state index contributed by atoms with van der Waals surface area (Å²) in [7, 11) is 1.17. The highest BCUT2D eigenvalue weighted by molar-refractivity contribution is 7.81. The first-order valence-electron chi connectivity index (χ1n) is 5.33. The average Bonchev–Trinajstić information content (AvgIpc) is 2.36. The molecule has 0 fully saturated rings. The third-order valence-corrected chi connectivity index (χ3v) is 2.68. The van der Waals surface area contributed by atoms with Gasteiger partial charge < -0.3 is 4.74 Å². The SMILES string of the molecule is COc1ccc(C(F)(F)C(F)(F)OC(F)(F)C(F)(F)S)cc1. The summed E-state index contributed by atoms with van der Waals surface area (Å²) >= 11 is 2.05. The lowest BCUT2D eigenvalue weighted by atomic mass is 10.1. The Kier molecular flexibility index (Phi) is 4.93. The summed E-state index contributed by atoms with van der Waals surface area (Å²) in [6.07, 6.45) is -11.8. The van der Waals surface area contributed by atoms with E-state index < -0.39 is 29.0 Å². The quantitative estimate of drug-likeness (QED) is 0.597. The zero-order chi connectivity index (χ0) is 17.4. The topological polar surface area (TPSA) is 18.5 Å². The van der Waals surface area contributed by atoms with Crippen molar-refractivity contribution < 1.29 is 44.6 Å². The zero-order valence-corrected chi connectivity index (χ0v) is 11.5. The molecule has 0 aliphatic carbocycles. The fraction of sp³-hybridized carbons (Fsp3) is 0.455. The van der Waals surface area contributed by atoms with Crippen LogP contribution in [0.1, 0.15) is 5.56 Å². The van der Waals surface area contributed by atoms with Crippen molar-refractivity contribution in [2.45, 2.75) is 23.4 Å². The summed E-state index contributed by atoms with van der Waals surface area (Å²) in [4.78, 5) is 0. The fourth-order valence-electron chi connectivity index (χ4n) is 1.25. The van der Waals surface area contributed by atoms with E-state index in [9.17, 15) is 35.1 Å². The molecule has 2 nitrogen and oxygen atoms in total. The summed E-state index contributed by atoms with van der Waals surface area (Å²) < 4.78 is 111. The Morgan fingerprint density at radius 2 is 1.27 bits per heavy atom. The molecule has 1 aromatic carbocycles. The molecule has 126 valence electrons. The standard InChI is InChI=1S/C11H8F8O2S/c1-20-7-4-2-6(3-5-7)8(12,13)9(14,15)21-10(16,17)11(18,19)22/h2-5,22H,1H3. The van der Waals surface area contributed by atoms with Crippen LogP contribution in [0.5, 0.6) is 5.75 Å². The largest absolute Gasteiger partial charge is 0.497 e. The number of halogens is 8. The Balaban J connectivity index is 3.12. The van der Waals surface area contributed by atoms with Crippen LogP contribution in [-0.4, -0.2) is 24.6 Å². The Morgan fingerprint density at radius 3 is 1.64 bits per heavy atom. The van der Waals surface area contributed by atoms with Gasteiger partial charge in [-0.15, -0.1) is 0 Å². The molecule has 11 heteroatoms. The van der Waals surface area contributed by atoms with Crippen LogP contribution in [0.25, 0.3) is 0 Å². The van der Waals surface area contributed by atoms with E-state index in [1.54, 1.807) is 0 Å². The molecule has 0 aliphatic heterocycles. The molecule has 0 spiro atoms. The van der Waals surface area contributed by atoms with Gasteiger partial charge in [0.15, 0.2) is 0 Å². The molecule has 0 N–H and O–H groups in total. The van der Waals surface area contributed by atoms with Crippen LogP contribution in [0.4, 0.5) is 35.1 Å². The highest BCUT2D eigenvalue weighted by atomic mass is 32.1. The van der Waals surface area contributed by atoms with Gasteiger partial charge >= 0.3 is 23.4 Å². The summed E-state index contributed by atoms with van der Waals surface area (Å²) in [5, 5.41) is -5.38. The van der Waals surface area contributed by atoms with Crippen molar-refractivity contribution in [1.82, 2.24) is 0 Å².